The number of nitrogens with zero attached hydrogens (tertiary/aromatic N) is 1. The predicted molar refractivity (Wildman–Crippen MR) is 71.6 cm³/mol. The van der Waals surface area contributed by atoms with E-state index in [0.717, 1.165) is 20.6 Å². The van der Waals surface area contributed by atoms with Crippen LogP contribution in [0.15, 0.2) is 47.6 Å². The van der Waals surface area contributed by atoms with Crippen LogP contribution >= 0.6 is 22.9 Å². The largest absolute Gasteiger partial charge is 0.278 e. The Kier molecular flexibility index (Phi) is 3.59. The van der Waals surface area contributed by atoms with Crippen molar-refractivity contribution < 1.29 is 0 Å². The van der Waals surface area contributed by atoms with Gasteiger partial charge in [-0.05, 0) is 31.2 Å². The summed E-state index contributed by atoms with van der Waals surface area (Å²) in [7, 11) is 0. The number of hydrazone groups is 1. The van der Waals surface area contributed by atoms with E-state index in [9.17, 15) is 0 Å². The molecule has 0 unspecified atom stereocenters. The van der Waals surface area contributed by atoms with E-state index < -0.39 is 0 Å². The lowest BCUT2D eigenvalue weighted by Gasteiger charge is -2.00. The Hall–Kier alpha value is -1.32. The second-order valence-electron chi connectivity index (χ2n) is 3.28. The monoisotopic (exact) mass is 250 g/mol. The summed E-state index contributed by atoms with van der Waals surface area (Å²) < 4.78 is 0.782. The number of rotatable bonds is 3. The molecule has 1 aromatic carbocycles. The number of benzene rings is 1. The van der Waals surface area contributed by atoms with Gasteiger partial charge in [-0.3, -0.25) is 5.43 Å². The molecule has 0 aliphatic carbocycles. The third-order valence-corrected chi connectivity index (χ3v) is 3.40. The molecule has 4 heteroatoms. The molecule has 0 bridgehead atoms. The Morgan fingerprint density at radius 2 is 1.94 bits per heavy atom. The van der Waals surface area contributed by atoms with Crippen molar-refractivity contribution >= 4 is 34.3 Å². The average Bonchev–Trinajstić information content (AvgIpc) is 2.74. The van der Waals surface area contributed by atoms with Crippen LogP contribution in [0.2, 0.25) is 4.34 Å². The summed E-state index contributed by atoms with van der Waals surface area (Å²) in [5.41, 5.74) is 4.91. The molecule has 0 aliphatic rings. The van der Waals surface area contributed by atoms with Gasteiger partial charge in [-0.15, -0.1) is 11.3 Å². The van der Waals surface area contributed by atoms with Crippen molar-refractivity contribution in [1.29, 1.82) is 0 Å². The van der Waals surface area contributed by atoms with E-state index in [2.05, 4.69) is 10.5 Å². The fourth-order valence-corrected chi connectivity index (χ4v) is 2.21. The third kappa shape index (κ3) is 2.84. The van der Waals surface area contributed by atoms with Gasteiger partial charge in [0.25, 0.3) is 0 Å². The molecule has 0 aliphatic heterocycles. The highest BCUT2D eigenvalue weighted by atomic mass is 35.5. The molecular formula is C12H11ClN2S. The average molecular weight is 251 g/mol. The molecule has 0 atom stereocenters. The van der Waals surface area contributed by atoms with Crippen LogP contribution in [0.4, 0.5) is 5.69 Å². The van der Waals surface area contributed by atoms with Crippen molar-refractivity contribution in [2.45, 2.75) is 6.92 Å². The molecule has 0 saturated carbocycles. The fourth-order valence-electron chi connectivity index (χ4n) is 1.22. The highest BCUT2D eigenvalue weighted by Gasteiger charge is 2.00. The standard InChI is InChI=1S/C12H11ClN2S/c1-9(11-7-8-12(13)16-11)14-15-10-5-3-2-4-6-10/h2-8,15H,1H3. The van der Waals surface area contributed by atoms with Gasteiger partial charge in [0.15, 0.2) is 0 Å². The number of hydrogen-bond donors (Lipinski definition) is 1. The fraction of sp³-hybridized carbons (Fsp3) is 0.0833. The lowest BCUT2D eigenvalue weighted by molar-refractivity contribution is 1.33. The molecule has 0 amide bonds. The predicted octanol–water partition coefficient (Wildman–Crippen LogP) is 4.24. The van der Waals surface area contributed by atoms with Crippen molar-refractivity contribution in [3.63, 3.8) is 0 Å². The first-order chi connectivity index (χ1) is 7.75. The quantitative estimate of drug-likeness (QED) is 0.640. The lowest BCUT2D eigenvalue weighted by Crippen LogP contribution is -1.96. The van der Waals surface area contributed by atoms with Gasteiger partial charge in [0.2, 0.25) is 0 Å². The van der Waals surface area contributed by atoms with Gasteiger partial charge in [0.05, 0.1) is 20.6 Å². The van der Waals surface area contributed by atoms with Gasteiger partial charge >= 0.3 is 0 Å². The summed E-state index contributed by atoms with van der Waals surface area (Å²) in [6.07, 6.45) is 0. The Labute approximate surface area is 104 Å². The number of nitrogens with one attached hydrogen (secondary N) is 1. The summed E-state index contributed by atoms with van der Waals surface area (Å²) in [5.74, 6) is 0. The van der Waals surface area contributed by atoms with Crippen molar-refractivity contribution in [3.05, 3.63) is 51.7 Å². The summed E-state index contributed by atoms with van der Waals surface area (Å²) in [4.78, 5) is 1.08. The van der Waals surface area contributed by atoms with Crippen LogP contribution in [0.1, 0.15) is 11.8 Å². The highest BCUT2D eigenvalue weighted by molar-refractivity contribution is 7.18. The number of hydrogen-bond acceptors (Lipinski definition) is 3. The Morgan fingerprint density at radius 1 is 1.19 bits per heavy atom. The second kappa shape index (κ2) is 5.14. The minimum Gasteiger partial charge on any atom is -0.278 e. The van der Waals surface area contributed by atoms with Crippen molar-refractivity contribution in [2.24, 2.45) is 5.10 Å². The Morgan fingerprint density at radius 3 is 2.56 bits per heavy atom. The van der Waals surface area contributed by atoms with Crippen LogP contribution in [0.25, 0.3) is 0 Å². The first-order valence-electron chi connectivity index (χ1n) is 4.87. The summed E-state index contributed by atoms with van der Waals surface area (Å²) in [5, 5.41) is 4.30. The van der Waals surface area contributed by atoms with E-state index >= 15 is 0 Å². The van der Waals surface area contributed by atoms with Gasteiger partial charge < -0.3 is 0 Å². The molecule has 1 N–H and O–H groups in total. The van der Waals surface area contributed by atoms with E-state index in [1.54, 1.807) is 0 Å². The molecule has 0 fully saturated rings. The molecule has 0 radical (unpaired) electrons. The van der Waals surface area contributed by atoms with Crippen LogP contribution in [-0.2, 0) is 0 Å². The maximum atomic E-state index is 5.86. The second-order valence-corrected chi connectivity index (χ2v) is 4.99. The van der Waals surface area contributed by atoms with Crippen LogP contribution in [-0.4, -0.2) is 5.71 Å². The summed E-state index contributed by atoms with van der Waals surface area (Å²) in [6.45, 7) is 1.96. The molecular weight excluding hydrogens is 240 g/mol. The zero-order chi connectivity index (χ0) is 11.4. The molecule has 2 rings (SSSR count). The SMILES string of the molecule is CC(=NNc1ccccc1)c1ccc(Cl)s1. The molecule has 82 valence electrons. The van der Waals surface area contributed by atoms with Gasteiger partial charge in [-0.1, -0.05) is 29.8 Å². The van der Waals surface area contributed by atoms with E-state index in [1.165, 1.54) is 11.3 Å². The molecule has 2 nitrogen and oxygen atoms in total. The van der Waals surface area contributed by atoms with E-state index in [1.807, 2.05) is 49.4 Å². The molecule has 0 spiro atoms. The normalized spacial score (nSPS) is 11.5. The maximum Gasteiger partial charge on any atom is 0.0935 e. The van der Waals surface area contributed by atoms with E-state index in [4.69, 9.17) is 11.6 Å². The van der Waals surface area contributed by atoms with Gasteiger partial charge in [-0.25, -0.2) is 0 Å². The van der Waals surface area contributed by atoms with Crippen molar-refractivity contribution in [1.82, 2.24) is 0 Å². The number of halogens is 1. The number of para-hydroxylation sites is 1. The first-order valence-corrected chi connectivity index (χ1v) is 6.06. The molecule has 16 heavy (non-hydrogen) atoms. The van der Waals surface area contributed by atoms with Crippen molar-refractivity contribution in [3.8, 4) is 0 Å². The zero-order valence-corrected chi connectivity index (χ0v) is 10.3. The highest BCUT2D eigenvalue weighted by Crippen LogP contribution is 2.22. The van der Waals surface area contributed by atoms with Gasteiger partial charge in [0.1, 0.15) is 0 Å². The zero-order valence-electron chi connectivity index (χ0n) is 8.77. The lowest BCUT2D eigenvalue weighted by atomic mass is 10.3. The molecule has 2 aromatic rings. The van der Waals surface area contributed by atoms with Gasteiger partial charge in [0, 0.05) is 0 Å². The minimum absolute atomic E-state index is 0.782. The molecule has 1 aromatic heterocycles. The Bertz CT molecular complexity index is 491. The molecule has 0 saturated heterocycles. The maximum absolute atomic E-state index is 5.86. The minimum atomic E-state index is 0.782. The topological polar surface area (TPSA) is 24.4 Å². The van der Waals surface area contributed by atoms with E-state index in [0.29, 0.717) is 0 Å². The Balaban J connectivity index is 2.08. The number of thiophene rings is 1. The van der Waals surface area contributed by atoms with Crippen LogP contribution in [0.5, 0.6) is 0 Å². The van der Waals surface area contributed by atoms with Crippen molar-refractivity contribution in [2.75, 3.05) is 5.43 Å². The van der Waals surface area contributed by atoms with Crippen LogP contribution in [0.3, 0.4) is 0 Å². The van der Waals surface area contributed by atoms with Crippen LogP contribution < -0.4 is 5.43 Å². The first kappa shape index (κ1) is 11.2. The van der Waals surface area contributed by atoms with E-state index in [-0.39, 0.29) is 0 Å². The van der Waals surface area contributed by atoms with Gasteiger partial charge in [-0.2, -0.15) is 5.10 Å². The molecule has 1 heterocycles. The van der Waals surface area contributed by atoms with Crippen LogP contribution in [0, 0.1) is 0 Å². The number of anilines is 1. The summed E-state index contributed by atoms with van der Waals surface area (Å²) in [6, 6.07) is 13.7. The summed E-state index contributed by atoms with van der Waals surface area (Å²) >= 11 is 7.39. The third-order valence-electron chi connectivity index (χ3n) is 2.06. The smallest absolute Gasteiger partial charge is 0.0935 e.